The fourth-order valence-corrected chi connectivity index (χ4v) is 6.79. The van der Waals surface area contributed by atoms with Crippen LogP contribution in [0, 0.1) is 11.8 Å². The fourth-order valence-electron chi connectivity index (χ4n) is 6.03. The van der Waals surface area contributed by atoms with Crippen LogP contribution in [0.15, 0.2) is 41.9 Å². The number of H-pyrrole nitrogens is 1. The molecule has 1 saturated heterocycles. The molecule has 2 fully saturated rings. The molecule has 6 heteroatoms. The summed E-state index contributed by atoms with van der Waals surface area (Å²) in [4.78, 5) is 31.9. The molecule has 0 spiro atoms. The number of aromatic amines is 1. The number of rotatable bonds is 5. The van der Waals surface area contributed by atoms with E-state index in [9.17, 15) is 14.7 Å². The lowest BCUT2D eigenvalue weighted by Crippen LogP contribution is -2.53. The van der Waals surface area contributed by atoms with Crippen LogP contribution in [0.5, 0.6) is 0 Å². The number of fused-ring (bicyclic) bond motifs is 2. The number of thiophene rings is 1. The molecule has 1 saturated carbocycles. The van der Waals surface area contributed by atoms with Crippen LogP contribution in [-0.4, -0.2) is 39.5 Å². The van der Waals surface area contributed by atoms with Gasteiger partial charge < -0.3 is 15.0 Å². The van der Waals surface area contributed by atoms with Crippen molar-refractivity contribution in [1.82, 2.24) is 9.88 Å². The van der Waals surface area contributed by atoms with Crippen molar-refractivity contribution in [3.8, 4) is 10.4 Å². The number of amides is 1. The second-order valence-corrected chi connectivity index (χ2v) is 10.3. The molecule has 32 heavy (non-hydrogen) atoms. The van der Waals surface area contributed by atoms with Gasteiger partial charge in [0.2, 0.25) is 5.91 Å². The Kier molecular flexibility index (Phi) is 5.80. The van der Waals surface area contributed by atoms with Crippen molar-refractivity contribution in [2.75, 3.05) is 6.54 Å². The third-order valence-corrected chi connectivity index (χ3v) is 8.44. The molecular formula is C26H30N2O3S. The van der Waals surface area contributed by atoms with Gasteiger partial charge in [-0.05, 0) is 60.6 Å². The number of hydrogen-bond donors (Lipinski definition) is 2. The maximum atomic E-state index is 13.5. The first-order valence-corrected chi connectivity index (χ1v) is 12.6. The number of piperidine rings is 1. The number of likely N-dealkylation sites (tertiary alicyclic amines) is 1. The van der Waals surface area contributed by atoms with E-state index in [1.54, 1.807) is 11.3 Å². The quantitative estimate of drug-likeness (QED) is 0.510. The summed E-state index contributed by atoms with van der Waals surface area (Å²) >= 11 is 1.73. The molecule has 1 aromatic carbocycles. The lowest BCUT2D eigenvalue weighted by molar-refractivity contribution is -0.152. The van der Waals surface area contributed by atoms with Gasteiger partial charge in [-0.3, -0.25) is 9.59 Å². The monoisotopic (exact) mass is 450 g/mol. The summed E-state index contributed by atoms with van der Waals surface area (Å²) < 4.78 is 0. The summed E-state index contributed by atoms with van der Waals surface area (Å²) in [5.74, 6) is -0.642. The molecule has 1 aliphatic heterocycles. The molecule has 5 nitrogen and oxygen atoms in total. The topological polar surface area (TPSA) is 73.4 Å². The van der Waals surface area contributed by atoms with Crippen LogP contribution in [0.3, 0.4) is 0 Å². The third-order valence-electron chi connectivity index (χ3n) is 7.54. The van der Waals surface area contributed by atoms with Crippen molar-refractivity contribution in [3.63, 3.8) is 0 Å². The summed E-state index contributed by atoms with van der Waals surface area (Å²) in [6.45, 7) is 2.89. The second kappa shape index (κ2) is 8.74. The van der Waals surface area contributed by atoms with Gasteiger partial charge >= 0.3 is 5.97 Å². The number of carboxylic acids is 1. The Morgan fingerprint density at radius 2 is 2.06 bits per heavy atom. The highest BCUT2D eigenvalue weighted by Crippen LogP contribution is 2.41. The average Bonchev–Trinajstić information content (AvgIpc) is 3.48. The van der Waals surface area contributed by atoms with Gasteiger partial charge in [-0.25, -0.2) is 0 Å². The Bertz CT molecular complexity index is 1120. The van der Waals surface area contributed by atoms with E-state index in [1.807, 2.05) is 4.90 Å². The van der Waals surface area contributed by atoms with Crippen molar-refractivity contribution in [2.24, 2.45) is 11.8 Å². The van der Waals surface area contributed by atoms with Crippen molar-refractivity contribution >= 4 is 34.1 Å². The summed E-state index contributed by atoms with van der Waals surface area (Å²) in [5.41, 5.74) is 3.49. The highest BCUT2D eigenvalue weighted by Gasteiger charge is 2.43. The number of carboxylic acid groups (broad SMARTS) is 1. The molecule has 3 aromatic rings. The van der Waals surface area contributed by atoms with Crippen LogP contribution in [0.25, 0.3) is 21.3 Å². The minimum atomic E-state index is -0.692. The minimum absolute atomic E-state index is 0.0802. The molecule has 3 heterocycles. The van der Waals surface area contributed by atoms with E-state index in [1.165, 1.54) is 21.4 Å². The molecule has 1 amide bonds. The van der Waals surface area contributed by atoms with Crippen LogP contribution in [0.1, 0.15) is 56.9 Å². The minimum Gasteiger partial charge on any atom is -0.481 e. The van der Waals surface area contributed by atoms with E-state index in [2.05, 4.69) is 53.8 Å². The van der Waals surface area contributed by atoms with Gasteiger partial charge in [0.1, 0.15) is 0 Å². The van der Waals surface area contributed by atoms with Gasteiger partial charge in [-0.15, -0.1) is 11.3 Å². The molecular weight excluding hydrogens is 420 g/mol. The van der Waals surface area contributed by atoms with Gasteiger partial charge in [0, 0.05) is 46.5 Å². The Labute approximate surface area is 192 Å². The van der Waals surface area contributed by atoms with Gasteiger partial charge in [-0.1, -0.05) is 31.5 Å². The molecule has 1 aliphatic carbocycles. The number of aromatic nitrogens is 1. The zero-order valence-electron chi connectivity index (χ0n) is 18.4. The largest absolute Gasteiger partial charge is 0.481 e. The first-order chi connectivity index (χ1) is 15.5. The zero-order valence-corrected chi connectivity index (χ0v) is 19.2. The molecule has 2 aliphatic rings. The molecule has 0 bridgehead atoms. The Morgan fingerprint density at radius 1 is 1.19 bits per heavy atom. The van der Waals surface area contributed by atoms with Gasteiger partial charge in [-0.2, -0.15) is 0 Å². The number of carbonyl (C=O) groups excluding carboxylic acids is 1. The Morgan fingerprint density at radius 3 is 2.84 bits per heavy atom. The molecule has 4 atom stereocenters. The summed E-state index contributed by atoms with van der Waals surface area (Å²) in [6, 6.07) is 10.6. The second-order valence-electron chi connectivity index (χ2n) is 9.39. The number of aliphatic carboxylic acids is 1. The van der Waals surface area contributed by atoms with Gasteiger partial charge in [0.25, 0.3) is 0 Å². The summed E-state index contributed by atoms with van der Waals surface area (Å²) in [6.07, 6.45) is 6.91. The number of benzene rings is 1. The number of carbonyl (C=O) groups is 2. The van der Waals surface area contributed by atoms with Crippen LogP contribution < -0.4 is 0 Å². The lowest BCUT2D eigenvalue weighted by atomic mass is 9.71. The molecule has 168 valence electrons. The number of nitrogens with one attached hydrogen (secondary N) is 1. The zero-order chi connectivity index (χ0) is 22.2. The van der Waals surface area contributed by atoms with E-state index >= 15 is 0 Å². The van der Waals surface area contributed by atoms with E-state index < -0.39 is 5.97 Å². The van der Waals surface area contributed by atoms with Gasteiger partial charge in [0.15, 0.2) is 0 Å². The van der Waals surface area contributed by atoms with Crippen molar-refractivity contribution in [2.45, 2.75) is 57.4 Å². The predicted molar refractivity (Wildman–Crippen MR) is 128 cm³/mol. The first-order valence-electron chi connectivity index (χ1n) is 11.7. The SMILES string of the molecule is CC(CC(=O)N1CCCC2C(C(=O)O)CCCC21)c1c[nH]c2cccc(-c3cccs3)c12. The molecule has 0 radical (unpaired) electrons. The normalized spacial score (nSPS) is 24.3. The third kappa shape index (κ3) is 3.75. The Balaban J connectivity index is 1.38. The molecule has 5 rings (SSSR count). The predicted octanol–water partition coefficient (Wildman–Crippen LogP) is 5.88. The highest BCUT2D eigenvalue weighted by atomic mass is 32.1. The van der Waals surface area contributed by atoms with Crippen LogP contribution >= 0.6 is 11.3 Å². The van der Waals surface area contributed by atoms with E-state index in [0.717, 1.165) is 44.2 Å². The van der Waals surface area contributed by atoms with Gasteiger partial charge in [0.05, 0.1) is 5.92 Å². The maximum absolute atomic E-state index is 13.5. The first kappa shape index (κ1) is 21.3. The molecule has 2 aromatic heterocycles. The molecule has 4 unspecified atom stereocenters. The Hall–Kier alpha value is -2.60. The van der Waals surface area contributed by atoms with Crippen molar-refractivity contribution < 1.29 is 14.7 Å². The van der Waals surface area contributed by atoms with E-state index in [4.69, 9.17) is 0 Å². The van der Waals surface area contributed by atoms with E-state index in [0.29, 0.717) is 6.42 Å². The summed E-state index contributed by atoms with van der Waals surface area (Å²) in [7, 11) is 0. The van der Waals surface area contributed by atoms with E-state index in [-0.39, 0.29) is 29.7 Å². The average molecular weight is 451 g/mol. The molecule has 2 N–H and O–H groups in total. The number of hydrogen-bond acceptors (Lipinski definition) is 3. The van der Waals surface area contributed by atoms with Crippen LogP contribution in [0.2, 0.25) is 0 Å². The fraction of sp³-hybridized carbons (Fsp3) is 0.462. The smallest absolute Gasteiger partial charge is 0.306 e. The lowest BCUT2D eigenvalue weighted by Gasteiger charge is -2.46. The highest BCUT2D eigenvalue weighted by molar-refractivity contribution is 7.13. The van der Waals surface area contributed by atoms with Crippen LogP contribution in [0.4, 0.5) is 0 Å². The van der Waals surface area contributed by atoms with Crippen LogP contribution in [-0.2, 0) is 9.59 Å². The van der Waals surface area contributed by atoms with Crippen molar-refractivity contribution in [3.05, 3.63) is 47.5 Å². The summed E-state index contributed by atoms with van der Waals surface area (Å²) in [5, 5.41) is 13.0. The standard InChI is InChI=1S/C26H30N2O3S/c1-16(20-15-27-21-9-2-7-19(25(20)21)23-11-5-13-32-23)14-24(29)28-12-4-8-17-18(26(30)31)6-3-10-22(17)28/h2,5,7,9,11,13,15-18,22,27H,3-4,6,8,10,12,14H2,1H3,(H,30,31). The number of nitrogens with zero attached hydrogens (tertiary/aromatic N) is 1. The maximum Gasteiger partial charge on any atom is 0.306 e. The van der Waals surface area contributed by atoms with Crippen molar-refractivity contribution in [1.29, 1.82) is 0 Å².